The van der Waals surface area contributed by atoms with Gasteiger partial charge in [-0.05, 0) is 71.9 Å². The maximum atomic E-state index is 13.9. The van der Waals surface area contributed by atoms with E-state index in [2.05, 4.69) is 17.2 Å². The Balaban J connectivity index is 3.51. The van der Waals surface area contributed by atoms with Crippen molar-refractivity contribution in [2.24, 2.45) is 5.92 Å². The van der Waals surface area contributed by atoms with Crippen LogP contribution < -0.4 is 10.6 Å². The minimum atomic E-state index is -0.872. The van der Waals surface area contributed by atoms with Crippen molar-refractivity contribution in [2.45, 2.75) is 92.5 Å². The molecular formula is C27H43N3O4. The Morgan fingerprint density at radius 1 is 1.09 bits per heavy atom. The van der Waals surface area contributed by atoms with Crippen molar-refractivity contribution in [1.82, 2.24) is 15.5 Å². The van der Waals surface area contributed by atoms with Crippen LogP contribution in [-0.2, 0) is 14.3 Å². The van der Waals surface area contributed by atoms with Crippen LogP contribution in [0.2, 0.25) is 0 Å². The van der Waals surface area contributed by atoms with Crippen LogP contribution in [0.1, 0.15) is 77.6 Å². The minimum Gasteiger partial charge on any atom is -0.444 e. The number of hydrogen-bond acceptors (Lipinski definition) is 4. The van der Waals surface area contributed by atoms with E-state index in [1.807, 2.05) is 59.7 Å². The highest BCUT2D eigenvalue weighted by Gasteiger charge is 2.36. The number of rotatable bonds is 10. The SMILES string of the molecule is C=CCN(C(=O)C(CC(C)C)NC(=O)OC(C)(C)C)C(C(=O)NC(C)C)c1cc(C)ccc1C. The fourth-order valence-electron chi connectivity index (χ4n) is 3.67. The van der Waals surface area contributed by atoms with Gasteiger partial charge in [0.25, 0.3) is 0 Å². The van der Waals surface area contributed by atoms with E-state index in [-0.39, 0.29) is 30.3 Å². The van der Waals surface area contributed by atoms with E-state index in [0.717, 1.165) is 16.7 Å². The summed E-state index contributed by atoms with van der Waals surface area (Å²) in [6, 6.07) is 4.02. The molecule has 3 amide bonds. The van der Waals surface area contributed by atoms with Crippen LogP contribution in [0.3, 0.4) is 0 Å². The Kier molecular flexibility index (Phi) is 10.8. The molecule has 0 bridgehead atoms. The van der Waals surface area contributed by atoms with Gasteiger partial charge in [-0.3, -0.25) is 9.59 Å². The number of nitrogens with one attached hydrogen (secondary N) is 2. The normalized spacial score (nSPS) is 13.3. The summed E-state index contributed by atoms with van der Waals surface area (Å²) in [4.78, 5) is 41.4. The third-order valence-electron chi connectivity index (χ3n) is 5.03. The van der Waals surface area contributed by atoms with Gasteiger partial charge in [0.2, 0.25) is 11.8 Å². The number of hydrogen-bond donors (Lipinski definition) is 2. The number of carbonyl (C=O) groups is 3. The van der Waals surface area contributed by atoms with Crippen LogP contribution in [-0.4, -0.2) is 47.0 Å². The Labute approximate surface area is 205 Å². The van der Waals surface area contributed by atoms with E-state index in [0.29, 0.717) is 6.42 Å². The fourth-order valence-corrected chi connectivity index (χ4v) is 3.67. The molecule has 0 spiro atoms. The number of aryl methyl sites for hydroxylation is 2. The van der Waals surface area contributed by atoms with Gasteiger partial charge in [0, 0.05) is 12.6 Å². The average molecular weight is 474 g/mol. The number of amides is 3. The molecule has 0 aliphatic rings. The molecule has 2 N–H and O–H groups in total. The molecule has 0 aromatic heterocycles. The second kappa shape index (κ2) is 12.6. The first-order valence-electron chi connectivity index (χ1n) is 11.9. The molecule has 34 heavy (non-hydrogen) atoms. The molecule has 1 aromatic carbocycles. The van der Waals surface area contributed by atoms with Crippen molar-refractivity contribution in [3.8, 4) is 0 Å². The maximum Gasteiger partial charge on any atom is 0.408 e. The molecule has 2 atom stereocenters. The van der Waals surface area contributed by atoms with E-state index in [9.17, 15) is 14.4 Å². The van der Waals surface area contributed by atoms with Gasteiger partial charge in [-0.15, -0.1) is 6.58 Å². The predicted molar refractivity (Wildman–Crippen MR) is 136 cm³/mol. The van der Waals surface area contributed by atoms with Gasteiger partial charge in [-0.25, -0.2) is 4.79 Å². The van der Waals surface area contributed by atoms with E-state index in [1.54, 1.807) is 26.8 Å². The van der Waals surface area contributed by atoms with Crippen molar-refractivity contribution in [2.75, 3.05) is 6.54 Å². The lowest BCUT2D eigenvalue weighted by molar-refractivity contribution is -0.142. The molecule has 0 fully saturated rings. The first-order valence-corrected chi connectivity index (χ1v) is 11.9. The summed E-state index contributed by atoms with van der Waals surface area (Å²) in [5.41, 5.74) is 1.93. The molecule has 0 radical (unpaired) electrons. The zero-order valence-corrected chi connectivity index (χ0v) is 22.3. The summed E-state index contributed by atoms with van der Waals surface area (Å²) < 4.78 is 5.40. The van der Waals surface area contributed by atoms with Crippen molar-refractivity contribution in [3.05, 3.63) is 47.5 Å². The summed E-state index contributed by atoms with van der Waals surface area (Å²) in [6.07, 6.45) is 1.33. The van der Waals surface area contributed by atoms with Crippen molar-refractivity contribution in [3.63, 3.8) is 0 Å². The van der Waals surface area contributed by atoms with Gasteiger partial charge < -0.3 is 20.3 Å². The van der Waals surface area contributed by atoms with Crippen LogP contribution in [0.5, 0.6) is 0 Å². The molecule has 0 heterocycles. The van der Waals surface area contributed by atoms with Crippen LogP contribution in [0.15, 0.2) is 30.9 Å². The van der Waals surface area contributed by atoms with Crippen molar-refractivity contribution < 1.29 is 19.1 Å². The smallest absolute Gasteiger partial charge is 0.408 e. The highest BCUT2D eigenvalue weighted by molar-refractivity contribution is 5.92. The topological polar surface area (TPSA) is 87.7 Å². The van der Waals surface area contributed by atoms with Gasteiger partial charge >= 0.3 is 6.09 Å². The average Bonchev–Trinajstić information content (AvgIpc) is 2.66. The minimum absolute atomic E-state index is 0.104. The largest absolute Gasteiger partial charge is 0.444 e. The first kappa shape index (κ1) is 29.2. The van der Waals surface area contributed by atoms with E-state index in [1.165, 1.54) is 4.90 Å². The van der Waals surface area contributed by atoms with Gasteiger partial charge in [-0.1, -0.05) is 43.7 Å². The second-order valence-electron chi connectivity index (χ2n) is 10.5. The van der Waals surface area contributed by atoms with Gasteiger partial charge in [0.15, 0.2) is 0 Å². The Bertz CT molecular complexity index is 871. The van der Waals surface area contributed by atoms with E-state index < -0.39 is 23.8 Å². The quantitative estimate of drug-likeness (QED) is 0.477. The van der Waals surface area contributed by atoms with E-state index >= 15 is 0 Å². The lowest BCUT2D eigenvalue weighted by atomic mass is 9.95. The summed E-state index contributed by atoms with van der Waals surface area (Å²) in [7, 11) is 0. The van der Waals surface area contributed by atoms with Crippen LogP contribution in [0, 0.1) is 19.8 Å². The first-order chi connectivity index (χ1) is 15.7. The third kappa shape index (κ3) is 9.20. The van der Waals surface area contributed by atoms with Crippen LogP contribution >= 0.6 is 0 Å². The Hall–Kier alpha value is -2.83. The van der Waals surface area contributed by atoms with Crippen LogP contribution in [0.4, 0.5) is 4.79 Å². The molecule has 0 aliphatic heterocycles. The molecule has 1 aromatic rings. The predicted octanol–water partition coefficient (Wildman–Crippen LogP) is 4.82. The molecule has 0 saturated heterocycles. The number of nitrogens with zero attached hydrogens (tertiary/aromatic N) is 1. The van der Waals surface area contributed by atoms with Gasteiger partial charge in [0.05, 0.1) is 0 Å². The Morgan fingerprint density at radius 2 is 1.71 bits per heavy atom. The molecule has 1 rings (SSSR count). The second-order valence-corrected chi connectivity index (χ2v) is 10.5. The van der Waals surface area contributed by atoms with Gasteiger partial charge in [-0.2, -0.15) is 0 Å². The number of ether oxygens (including phenoxy) is 1. The molecular weight excluding hydrogens is 430 g/mol. The fraction of sp³-hybridized carbons (Fsp3) is 0.593. The molecule has 190 valence electrons. The summed E-state index contributed by atoms with van der Waals surface area (Å²) in [5.74, 6) is -0.512. The zero-order valence-electron chi connectivity index (χ0n) is 22.3. The van der Waals surface area contributed by atoms with Gasteiger partial charge in [0.1, 0.15) is 17.7 Å². The van der Waals surface area contributed by atoms with Crippen molar-refractivity contribution >= 4 is 17.9 Å². The third-order valence-corrected chi connectivity index (χ3v) is 5.03. The number of benzene rings is 1. The van der Waals surface area contributed by atoms with E-state index in [4.69, 9.17) is 4.74 Å². The number of alkyl carbamates (subject to hydrolysis) is 1. The maximum absolute atomic E-state index is 13.9. The van der Waals surface area contributed by atoms with Crippen LogP contribution in [0.25, 0.3) is 0 Å². The molecule has 0 saturated carbocycles. The lowest BCUT2D eigenvalue weighted by Gasteiger charge is -2.35. The highest BCUT2D eigenvalue weighted by Crippen LogP contribution is 2.27. The molecule has 0 aliphatic carbocycles. The Morgan fingerprint density at radius 3 is 2.21 bits per heavy atom. The summed E-state index contributed by atoms with van der Waals surface area (Å²) >= 11 is 0. The summed E-state index contributed by atoms with van der Waals surface area (Å²) in [6.45, 7) is 20.8. The molecule has 7 nitrogen and oxygen atoms in total. The molecule has 7 heteroatoms. The summed E-state index contributed by atoms with van der Waals surface area (Å²) in [5, 5.41) is 5.69. The standard InChI is InChI=1S/C27H43N3O4/c1-11-14-30(25(32)22(15-17(2)3)29-26(33)34-27(8,9)10)23(24(31)28-18(4)5)21-16-19(6)12-13-20(21)7/h11-13,16-18,22-23H,1,14-15H2,2-10H3,(H,28,31)(H,29,33). The zero-order chi connectivity index (χ0) is 26.2. The molecule has 2 unspecified atom stereocenters. The van der Waals surface area contributed by atoms with Crippen molar-refractivity contribution in [1.29, 1.82) is 0 Å². The monoisotopic (exact) mass is 473 g/mol. The number of carbonyl (C=O) groups excluding carboxylic acids is 3. The highest BCUT2D eigenvalue weighted by atomic mass is 16.6. The lowest BCUT2D eigenvalue weighted by Crippen LogP contribution is -2.54.